The van der Waals surface area contributed by atoms with Gasteiger partial charge in [0, 0.05) is 0 Å². The molecule has 9 heteroatoms. The van der Waals surface area contributed by atoms with E-state index in [2.05, 4.69) is 4.74 Å². The number of hydrogen-bond acceptors (Lipinski definition) is 1. The van der Waals surface area contributed by atoms with Crippen molar-refractivity contribution in [3.05, 3.63) is 87.7 Å². The van der Waals surface area contributed by atoms with Gasteiger partial charge in [0.25, 0.3) is 0 Å². The van der Waals surface area contributed by atoms with Gasteiger partial charge in [-0.25, -0.2) is 22.0 Å². The lowest BCUT2D eigenvalue weighted by Crippen LogP contribution is -2.19. The van der Waals surface area contributed by atoms with E-state index < -0.39 is 52.7 Å². The smallest absolute Gasteiger partial charge is 0.406 e. The van der Waals surface area contributed by atoms with E-state index in [0.29, 0.717) is 12.8 Å². The maximum Gasteiger partial charge on any atom is 0.573 e. The Morgan fingerprint density at radius 1 is 0.800 bits per heavy atom. The molecular formula is C26H20F8O. The summed E-state index contributed by atoms with van der Waals surface area (Å²) < 4.78 is 115. The van der Waals surface area contributed by atoms with E-state index in [1.807, 2.05) is 6.92 Å². The van der Waals surface area contributed by atoms with Crippen molar-refractivity contribution in [1.29, 1.82) is 0 Å². The summed E-state index contributed by atoms with van der Waals surface area (Å²) in [6.07, 6.45) is -4.06. The average molecular weight is 500 g/mol. The summed E-state index contributed by atoms with van der Waals surface area (Å²) in [7, 11) is 0. The second-order valence-electron chi connectivity index (χ2n) is 8.48. The van der Waals surface area contributed by atoms with Gasteiger partial charge in [-0.15, -0.1) is 13.2 Å². The van der Waals surface area contributed by atoms with E-state index in [9.17, 15) is 26.3 Å². The van der Waals surface area contributed by atoms with Crippen LogP contribution in [0.4, 0.5) is 35.1 Å². The van der Waals surface area contributed by atoms with Crippen molar-refractivity contribution in [3.8, 4) is 16.9 Å². The van der Waals surface area contributed by atoms with Gasteiger partial charge in [-0.2, -0.15) is 0 Å². The molecule has 0 spiro atoms. The molecule has 0 bridgehead atoms. The van der Waals surface area contributed by atoms with Gasteiger partial charge in [-0.05, 0) is 71.6 Å². The van der Waals surface area contributed by atoms with Gasteiger partial charge in [0.15, 0.2) is 23.3 Å². The van der Waals surface area contributed by atoms with Crippen molar-refractivity contribution in [3.63, 3.8) is 0 Å². The van der Waals surface area contributed by atoms with Crippen LogP contribution in [0, 0.1) is 29.1 Å². The minimum Gasteiger partial charge on any atom is -0.406 e. The summed E-state index contributed by atoms with van der Waals surface area (Å²) in [5.74, 6) is -7.14. The third-order valence-corrected chi connectivity index (χ3v) is 6.25. The number of rotatable bonds is 5. The molecule has 0 N–H and O–H groups in total. The van der Waals surface area contributed by atoms with E-state index >= 15 is 8.78 Å². The Hall–Kier alpha value is -3.10. The van der Waals surface area contributed by atoms with Crippen LogP contribution in [0.25, 0.3) is 11.1 Å². The van der Waals surface area contributed by atoms with Crippen LogP contribution >= 0.6 is 0 Å². The third-order valence-electron chi connectivity index (χ3n) is 6.25. The van der Waals surface area contributed by atoms with E-state index in [-0.39, 0.29) is 47.1 Å². The lowest BCUT2D eigenvalue weighted by molar-refractivity contribution is -0.274. The van der Waals surface area contributed by atoms with Gasteiger partial charge in [-0.1, -0.05) is 37.6 Å². The molecule has 1 nitrogen and oxygen atoms in total. The fourth-order valence-electron chi connectivity index (χ4n) is 4.62. The Morgan fingerprint density at radius 3 is 2.11 bits per heavy atom. The van der Waals surface area contributed by atoms with Crippen LogP contribution < -0.4 is 4.74 Å². The molecule has 0 saturated heterocycles. The van der Waals surface area contributed by atoms with Gasteiger partial charge in [0.1, 0.15) is 11.6 Å². The molecule has 0 heterocycles. The molecule has 0 saturated carbocycles. The Labute approximate surface area is 196 Å². The molecular weight excluding hydrogens is 480 g/mol. The van der Waals surface area contributed by atoms with Crippen LogP contribution in [0.2, 0.25) is 0 Å². The molecule has 0 radical (unpaired) electrons. The molecule has 1 aliphatic rings. The summed E-state index contributed by atoms with van der Waals surface area (Å²) in [6, 6.07) is 6.64. The number of halogens is 8. The molecule has 3 aromatic rings. The Kier molecular flexibility index (Phi) is 6.79. The standard InChI is InChI=1S/C26H20F8O/c1-2-3-14-6-10-17(23(29)21(14)27)15-7-11-18-19(12-15)24(30)25(31)20(22(18)28)13-4-8-16(9-5-13)35-26(32,33)34/h4-6,8-10,15H,2-3,7,11-12H2,1H3. The van der Waals surface area contributed by atoms with Crippen LogP contribution in [-0.2, 0) is 19.3 Å². The zero-order chi connectivity index (χ0) is 25.5. The quantitative estimate of drug-likeness (QED) is 0.254. The van der Waals surface area contributed by atoms with Crippen molar-refractivity contribution in [2.24, 2.45) is 0 Å². The fourth-order valence-corrected chi connectivity index (χ4v) is 4.62. The monoisotopic (exact) mass is 500 g/mol. The van der Waals surface area contributed by atoms with Gasteiger partial charge < -0.3 is 4.74 Å². The molecule has 4 rings (SSSR count). The number of hydrogen-bond donors (Lipinski definition) is 0. The van der Waals surface area contributed by atoms with Crippen molar-refractivity contribution in [2.75, 3.05) is 0 Å². The molecule has 1 aliphatic carbocycles. The van der Waals surface area contributed by atoms with Gasteiger partial charge in [-0.3, -0.25) is 0 Å². The molecule has 0 aliphatic heterocycles. The van der Waals surface area contributed by atoms with E-state index in [0.717, 1.165) is 24.3 Å². The Bertz CT molecular complexity index is 1250. The van der Waals surface area contributed by atoms with Crippen LogP contribution in [0.1, 0.15) is 47.9 Å². The fraction of sp³-hybridized carbons (Fsp3) is 0.308. The summed E-state index contributed by atoms with van der Waals surface area (Å²) in [5, 5.41) is 0. The van der Waals surface area contributed by atoms with Gasteiger partial charge >= 0.3 is 6.36 Å². The van der Waals surface area contributed by atoms with E-state index in [1.165, 1.54) is 12.1 Å². The largest absolute Gasteiger partial charge is 0.573 e. The maximum atomic E-state index is 15.3. The highest BCUT2D eigenvalue weighted by atomic mass is 19.4. The zero-order valence-corrected chi connectivity index (χ0v) is 18.5. The number of aryl methyl sites for hydroxylation is 1. The Balaban J connectivity index is 1.68. The maximum absolute atomic E-state index is 15.3. The molecule has 1 atom stereocenters. The average Bonchev–Trinajstić information content (AvgIpc) is 2.81. The summed E-state index contributed by atoms with van der Waals surface area (Å²) in [6.45, 7) is 1.83. The highest BCUT2D eigenvalue weighted by Gasteiger charge is 2.33. The molecule has 0 aromatic heterocycles. The SMILES string of the molecule is CCCc1ccc(C2CCc3c(F)c(-c4ccc(OC(F)(F)F)cc4)c(F)c(F)c3C2)c(F)c1F. The lowest BCUT2D eigenvalue weighted by atomic mass is 9.78. The summed E-state index contributed by atoms with van der Waals surface area (Å²) in [5.41, 5.74) is -0.969. The van der Waals surface area contributed by atoms with Crippen molar-refractivity contribution in [2.45, 2.75) is 51.3 Å². The second kappa shape index (κ2) is 9.51. The third kappa shape index (κ3) is 4.86. The Morgan fingerprint density at radius 2 is 1.49 bits per heavy atom. The van der Waals surface area contributed by atoms with E-state index in [4.69, 9.17) is 0 Å². The predicted molar refractivity (Wildman–Crippen MR) is 114 cm³/mol. The van der Waals surface area contributed by atoms with Crippen molar-refractivity contribution >= 4 is 0 Å². The number of alkyl halides is 3. The second-order valence-corrected chi connectivity index (χ2v) is 8.48. The lowest BCUT2D eigenvalue weighted by Gasteiger charge is -2.27. The molecule has 3 aromatic carbocycles. The van der Waals surface area contributed by atoms with E-state index in [1.54, 1.807) is 0 Å². The number of fused-ring (bicyclic) bond motifs is 1. The summed E-state index contributed by atoms with van der Waals surface area (Å²) in [4.78, 5) is 0. The van der Waals surface area contributed by atoms with Crippen LogP contribution in [0.15, 0.2) is 36.4 Å². The number of ether oxygens (including phenoxy) is 1. The van der Waals surface area contributed by atoms with Crippen molar-refractivity contribution in [1.82, 2.24) is 0 Å². The minimum absolute atomic E-state index is 0.0255. The topological polar surface area (TPSA) is 9.23 Å². The summed E-state index contributed by atoms with van der Waals surface area (Å²) >= 11 is 0. The van der Waals surface area contributed by atoms with Crippen molar-refractivity contribution < 1.29 is 39.9 Å². The van der Waals surface area contributed by atoms with Gasteiger partial charge in [0.2, 0.25) is 0 Å². The first-order valence-corrected chi connectivity index (χ1v) is 11.0. The molecule has 186 valence electrons. The molecule has 35 heavy (non-hydrogen) atoms. The van der Waals surface area contributed by atoms with Gasteiger partial charge in [0.05, 0.1) is 5.56 Å². The molecule has 1 unspecified atom stereocenters. The highest BCUT2D eigenvalue weighted by Crippen LogP contribution is 2.41. The molecule has 0 fully saturated rings. The number of benzene rings is 3. The minimum atomic E-state index is -4.94. The highest BCUT2D eigenvalue weighted by molar-refractivity contribution is 5.68. The van der Waals surface area contributed by atoms with Crippen LogP contribution in [0.3, 0.4) is 0 Å². The van der Waals surface area contributed by atoms with Crippen LogP contribution in [-0.4, -0.2) is 6.36 Å². The van der Waals surface area contributed by atoms with Crippen LogP contribution in [0.5, 0.6) is 5.75 Å². The first kappa shape index (κ1) is 25.0. The zero-order valence-electron chi connectivity index (χ0n) is 18.5. The predicted octanol–water partition coefficient (Wildman–Crippen LogP) is 8.17. The first-order valence-electron chi connectivity index (χ1n) is 11.0. The first-order chi connectivity index (χ1) is 16.5. The normalized spacial score (nSPS) is 15.7. The molecule has 0 amide bonds.